The molecule has 0 aliphatic heterocycles. The van der Waals surface area contributed by atoms with E-state index >= 15 is 0 Å². The highest BCUT2D eigenvalue weighted by atomic mass is 35.5. The van der Waals surface area contributed by atoms with Crippen molar-refractivity contribution < 1.29 is 5.11 Å². The van der Waals surface area contributed by atoms with E-state index < -0.39 is 6.10 Å². The van der Waals surface area contributed by atoms with Crippen LogP contribution in [0, 0.1) is 17.2 Å². The highest BCUT2D eigenvalue weighted by Crippen LogP contribution is 2.37. The number of aliphatic hydroxyl groups is 1. The molecule has 2 aromatic heterocycles. The van der Waals surface area contributed by atoms with Crippen LogP contribution in [-0.2, 0) is 0 Å². The van der Waals surface area contributed by atoms with Crippen molar-refractivity contribution in [3.63, 3.8) is 0 Å². The second-order valence-electron chi connectivity index (χ2n) is 6.36. The first-order valence-electron chi connectivity index (χ1n) is 8.24. The van der Waals surface area contributed by atoms with Gasteiger partial charge in [0.15, 0.2) is 0 Å². The van der Waals surface area contributed by atoms with E-state index in [4.69, 9.17) is 5.26 Å². The smallest absolute Gasteiger partial charge is 0.138 e. The van der Waals surface area contributed by atoms with Crippen molar-refractivity contribution in [1.29, 1.82) is 5.26 Å². The molecule has 3 rings (SSSR count). The third kappa shape index (κ3) is 3.47. The molecule has 2 heterocycles. The molecule has 0 aromatic carbocycles. The molecule has 0 amide bonds. The number of hydrogen-bond acceptors (Lipinski definition) is 5. The van der Waals surface area contributed by atoms with Crippen molar-refractivity contribution in [2.24, 2.45) is 5.92 Å². The van der Waals surface area contributed by atoms with Crippen LogP contribution < -0.4 is 5.32 Å². The standard InChI is InChI=1S/C17H23N5O.ClH/c1-11(23)17-21-14-10-20-16(19-2)9-15(14)22(17)13-5-3-12(4-6-13)7-8-18;/h9-13,23H,3-7H2,1-2H3,(H,19,20);1H. The van der Waals surface area contributed by atoms with Crippen LogP contribution in [0.3, 0.4) is 0 Å². The SMILES string of the molecule is CNc1cc2c(cn1)nc(C(C)O)n2C1CCC(CC#N)CC1.Cl. The van der Waals surface area contributed by atoms with E-state index in [0.717, 1.165) is 42.5 Å². The van der Waals surface area contributed by atoms with Crippen LogP contribution >= 0.6 is 12.4 Å². The lowest BCUT2D eigenvalue weighted by Crippen LogP contribution is -2.20. The van der Waals surface area contributed by atoms with Gasteiger partial charge in [-0.05, 0) is 38.5 Å². The average molecular weight is 350 g/mol. The lowest BCUT2D eigenvalue weighted by Gasteiger charge is -2.30. The number of rotatable bonds is 4. The van der Waals surface area contributed by atoms with Gasteiger partial charge in [0.25, 0.3) is 0 Å². The Morgan fingerprint density at radius 3 is 2.71 bits per heavy atom. The molecule has 2 N–H and O–H groups in total. The first-order valence-corrected chi connectivity index (χ1v) is 8.24. The average Bonchev–Trinajstić information content (AvgIpc) is 2.94. The van der Waals surface area contributed by atoms with E-state index in [1.165, 1.54) is 0 Å². The molecular weight excluding hydrogens is 326 g/mol. The Morgan fingerprint density at radius 2 is 2.12 bits per heavy atom. The van der Waals surface area contributed by atoms with E-state index in [2.05, 4.69) is 25.9 Å². The summed E-state index contributed by atoms with van der Waals surface area (Å²) in [6, 6.07) is 4.61. The molecular formula is C17H24ClN5O. The van der Waals surface area contributed by atoms with Crippen LogP contribution in [0.1, 0.15) is 57.0 Å². The van der Waals surface area contributed by atoms with Gasteiger partial charge >= 0.3 is 0 Å². The number of hydrogen-bond donors (Lipinski definition) is 2. The molecule has 6 nitrogen and oxygen atoms in total. The summed E-state index contributed by atoms with van der Waals surface area (Å²) in [4.78, 5) is 8.90. The number of pyridine rings is 1. The largest absolute Gasteiger partial charge is 0.385 e. The van der Waals surface area contributed by atoms with Crippen LogP contribution in [0.4, 0.5) is 5.82 Å². The molecule has 24 heavy (non-hydrogen) atoms. The third-order valence-corrected chi connectivity index (χ3v) is 4.79. The molecule has 0 bridgehead atoms. The summed E-state index contributed by atoms with van der Waals surface area (Å²) in [7, 11) is 1.84. The summed E-state index contributed by atoms with van der Waals surface area (Å²) in [6.07, 6.45) is 5.95. The number of nitrogens with one attached hydrogen (secondary N) is 1. The van der Waals surface area contributed by atoms with Crippen LogP contribution in [0.15, 0.2) is 12.3 Å². The Balaban J connectivity index is 0.00000208. The Hall–Kier alpha value is -1.84. The first-order chi connectivity index (χ1) is 11.1. The fourth-order valence-electron chi connectivity index (χ4n) is 3.57. The van der Waals surface area contributed by atoms with Crippen molar-refractivity contribution in [3.8, 4) is 6.07 Å². The molecule has 2 aromatic rings. The number of aliphatic hydroxyl groups excluding tert-OH is 1. The lowest BCUT2D eigenvalue weighted by molar-refractivity contribution is 0.175. The number of aromatic nitrogens is 3. The molecule has 1 unspecified atom stereocenters. The van der Waals surface area contributed by atoms with Gasteiger partial charge < -0.3 is 15.0 Å². The fourth-order valence-corrected chi connectivity index (χ4v) is 3.57. The minimum Gasteiger partial charge on any atom is -0.385 e. The summed E-state index contributed by atoms with van der Waals surface area (Å²) in [6.45, 7) is 1.76. The predicted molar refractivity (Wildman–Crippen MR) is 96.2 cm³/mol. The molecule has 1 fully saturated rings. The summed E-state index contributed by atoms with van der Waals surface area (Å²) in [5.74, 6) is 2.02. The van der Waals surface area contributed by atoms with Gasteiger partial charge in [-0.25, -0.2) is 9.97 Å². The minimum absolute atomic E-state index is 0. The first kappa shape index (κ1) is 18.5. The molecule has 0 saturated heterocycles. The minimum atomic E-state index is -0.614. The highest BCUT2D eigenvalue weighted by Gasteiger charge is 2.27. The quantitative estimate of drug-likeness (QED) is 0.880. The van der Waals surface area contributed by atoms with Gasteiger partial charge in [0.05, 0.1) is 17.8 Å². The molecule has 1 atom stereocenters. The van der Waals surface area contributed by atoms with Crippen molar-refractivity contribution >= 4 is 29.3 Å². The Bertz CT molecular complexity index is 728. The maximum absolute atomic E-state index is 10.1. The summed E-state index contributed by atoms with van der Waals surface area (Å²) in [5, 5.41) is 22.1. The zero-order valence-electron chi connectivity index (χ0n) is 14.1. The maximum Gasteiger partial charge on any atom is 0.138 e. The zero-order valence-corrected chi connectivity index (χ0v) is 14.9. The van der Waals surface area contributed by atoms with Crippen LogP contribution in [-0.4, -0.2) is 26.7 Å². The van der Waals surface area contributed by atoms with Crippen LogP contribution in [0.25, 0.3) is 11.0 Å². The summed E-state index contributed by atoms with van der Waals surface area (Å²) >= 11 is 0. The van der Waals surface area contributed by atoms with Crippen molar-refractivity contribution in [1.82, 2.24) is 14.5 Å². The van der Waals surface area contributed by atoms with E-state index in [0.29, 0.717) is 24.2 Å². The van der Waals surface area contributed by atoms with Crippen LogP contribution in [0.2, 0.25) is 0 Å². The lowest BCUT2D eigenvalue weighted by atomic mass is 9.84. The van der Waals surface area contributed by atoms with E-state index in [-0.39, 0.29) is 12.4 Å². The number of halogens is 1. The zero-order chi connectivity index (χ0) is 16.4. The molecule has 1 saturated carbocycles. The van der Waals surface area contributed by atoms with Crippen molar-refractivity contribution in [2.45, 2.75) is 51.2 Å². The number of nitriles is 1. The maximum atomic E-state index is 10.1. The fraction of sp³-hybridized carbons (Fsp3) is 0.588. The van der Waals surface area contributed by atoms with Gasteiger partial charge in [0, 0.05) is 25.6 Å². The Kier molecular flexibility index (Phi) is 6.03. The second kappa shape index (κ2) is 7.82. The van der Waals surface area contributed by atoms with Gasteiger partial charge in [0.1, 0.15) is 23.3 Å². The molecule has 7 heteroatoms. The van der Waals surface area contributed by atoms with Gasteiger partial charge in [-0.2, -0.15) is 5.26 Å². The third-order valence-electron chi connectivity index (χ3n) is 4.79. The molecule has 1 aliphatic carbocycles. The van der Waals surface area contributed by atoms with Crippen molar-refractivity contribution in [3.05, 3.63) is 18.1 Å². The monoisotopic (exact) mass is 349 g/mol. The van der Waals surface area contributed by atoms with Gasteiger partial charge in [-0.15, -0.1) is 12.4 Å². The second-order valence-corrected chi connectivity index (χ2v) is 6.36. The number of imidazole rings is 1. The van der Waals surface area contributed by atoms with Gasteiger partial charge in [0.2, 0.25) is 0 Å². The Labute approximate surface area is 148 Å². The van der Waals surface area contributed by atoms with E-state index in [9.17, 15) is 5.11 Å². The van der Waals surface area contributed by atoms with E-state index in [1.54, 1.807) is 13.1 Å². The van der Waals surface area contributed by atoms with Crippen LogP contribution in [0.5, 0.6) is 0 Å². The molecule has 0 spiro atoms. The van der Waals surface area contributed by atoms with Crippen molar-refractivity contribution in [2.75, 3.05) is 12.4 Å². The number of nitrogens with zero attached hydrogens (tertiary/aromatic N) is 4. The van der Waals surface area contributed by atoms with E-state index in [1.807, 2.05) is 13.1 Å². The summed E-state index contributed by atoms with van der Waals surface area (Å²) in [5.41, 5.74) is 1.84. The number of fused-ring (bicyclic) bond motifs is 1. The topological polar surface area (TPSA) is 86.8 Å². The Morgan fingerprint density at radius 1 is 1.42 bits per heavy atom. The summed E-state index contributed by atoms with van der Waals surface area (Å²) < 4.78 is 2.19. The van der Waals surface area contributed by atoms with Gasteiger partial charge in [-0.1, -0.05) is 0 Å². The molecule has 0 radical (unpaired) electrons. The predicted octanol–water partition coefficient (Wildman–Crippen LogP) is 3.59. The number of anilines is 1. The molecule has 1 aliphatic rings. The highest BCUT2D eigenvalue weighted by molar-refractivity contribution is 5.85. The normalized spacial score (nSPS) is 21.8. The molecule has 130 valence electrons. The van der Waals surface area contributed by atoms with Gasteiger partial charge in [-0.3, -0.25) is 0 Å².